The van der Waals surface area contributed by atoms with Gasteiger partial charge in [-0.2, -0.15) is 5.10 Å². The molecule has 2 aromatic heterocycles. The predicted molar refractivity (Wildman–Crippen MR) is 122 cm³/mol. The van der Waals surface area contributed by atoms with Crippen molar-refractivity contribution in [3.8, 4) is 11.3 Å². The molecule has 1 saturated carbocycles. The second-order valence-electron chi connectivity index (χ2n) is 9.86. The molecule has 1 amide bonds. The molecule has 166 valence electrons. The number of ether oxygens (including phenoxy) is 1. The molecule has 0 aromatic carbocycles. The van der Waals surface area contributed by atoms with E-state index in [9.17, 15) is 4.79 Å². The van der Waals surface area contributed by atoms with E-state index in [4.69, 9.17) is 9.84 Å². The molecule has 2 aliphatic carbocycles. The van der Waals surface area contributed by atoms with Crippen molar-refractivity contribution in [2.24, 2.45) is 0 Å². The molecule has 3 fully saturated rings. The van der Waals surface area contributed by atoms with Crippen LogP contribution in [0.4, 0.5) is 0 Å². The number of carbonyl (C=O) groups excluding carboxylic acids is 1. The van der Waals surface area contributed by atoms with Crippen molar-refractivity contribution < 1.29 is 9.53 Å². The fourth-order valence-corrected chi connectivity index (χ4v) is 7.03. The molecule has 0 radical (unpaired) electrons. The van der Waals surface area contributed by atoms with Gasteiger partial charge in [-0.25, -0.2) is 0 Å². The number of hydrogen-bond donors (Lipinski definition) is 0. The van der Waals surface area contributed by atoms with E-state index in [2.05, 4.69) is 28.1 Å². The number of thiophene rings is 1. The third-order valence-corrected chi connectivity index (χ3v) is 8.91. The lowest BCUT2D eigenvalue weighted by Gasteiger charge is -2.39. The molecule has 4 heterocycles. The van der Waals surface area contributed by atoms with E-state index < -0.39 is 0 Å². The molecule has 0 bridgehead atoms. The van der Waals surface area contributed by atoms with E-state index in [0.29, 0.717) is 11.7 Å². The Kier molecular flexibility index (Phi) is 4.96. The standard InChI is InChI=1S/C24H32N4O2S/c1-26-10-12-27(13-11-26)23(29)21-19-4-5-20-18(7-15-31-20)22(19)28(25-21)17-6-14-30-24(16-17)8-2-3-9-24/h7,15,17H,2-6,8-14,16H2,1H3. The first-order valence-electron chi connectivity index (χ1n) is 11.9. The van der Waals surface area contributed by atoms with Crippen LogP contribution >= 0.6 is 11.3 Å². The fourth-order valence-electron chi connectivity index (χ4n) is 6.15. The summed E-state index contributed by atoms with van der Waals surface area (Å²) in [4.78, 5) is 19.3. The number of piperazine rings is 1. The lowest BCUT2D eigenvalue weighted by Crippen LogP contribution is -2.47. The van der Waals surface area contributed by atoms with Gasteiger partial charge in [0.1, 0.15) is 0 Å². The number of hydrogen-bond acceptors (Lipinski definition) is 5. The number of carbonyl (C=O) groups is 1. The first kappa shape index (κ1) is 19.9. The van der Waals surface area contributed by atoms with Gasteiger partial charge in [0.2, 0.25) is 0 Å². The van der Waals surface area contributed by atoms with Crippen molar-refractivity contribution in [3.05, 3.63) is 27.6 Å². The second kappa shape index (κ2) is 7.71. The molecule has 0 N–H and O–H groups in total. The molecular formula is C24H32N4O2S. The Morgan fingerprint density at radius 3 is 2.81 bits per heavy atom. The summed E-state index contributed by atoms with van der Waals surface area (Å²) in [5.41, 5.74) is 4.46. The van der Waals surface area contributed by atoms with Crippen molar-refractivity contribution in [2.75, 3.05) is 39.8 Å². The largest absolute Gasteiger partial charge is 0.375 e. The average molecular weight is 441 g/mol. The SMILES string of the molecule is CN1CCN(C(=O)c2nn(C3CCOC4(CCCC4)C3)c3c2CCc2sccc2-3)CC1. The normalized spacial score (nSPS) is 25.6. The van der Waals surface area contributed by atoms with E-state index in [1.54, 1.807) is 0 Å². The van der Waals surface area contributed by atoms with E-state index >= 15 is 0 Å². The number of rotatable bonds is 2. The van der Waals surface area contributed by atoms with Gasteiger partial charge in [-0.15, -0.1) is 11.3 Å². The first-order chi connectivity index (χ1) is 15.1. The molecule has 7 heteroatoms. The zero-order chi connectivity index (χ0) is 21.0. The Bertz CT molecular complexity index is 982. The quantitative estimate of drug-likeness (QED) is 0.714. The number of fused-ring (bicyclic) bond motifs is 3. The van der Waals surface area contributed by atoms with E-state index in [1.165, 1.54) is 47.4 Å². The Morgan fingerprint density at radius 1 is 1.19 bits per heavy atom. The predicted octanol–water partition coefficient (Wildman–Crippen LogP) is 3.76. The molecular weight excluding hydrogens is 408 g/mol. The van der Waals surface area contributed by atoms with Gasteiger partial charge in [0.25, 0.3) is 5.91 Å². The fraction of sp³-hybridized carbons (Fsp3) is 0.667. The minimum atomic E-state index is 0.0372. The van der Waals surface area contributed by atoms with E-state index in [0.717, 1.165) is 58.5 Å². The van der Waals surface area contributed by atoms with Gasteiger partial charge in [0, 0.05) is 48.8 Å². The van der Waals surface area contributed by atoms with Gasteiger partial charge in [-0.05, 0) is 57.0 Å². The molecule has 31 heavy (non-hydrogen) atoms. The van der Waals surface area contributed by atoms with Gasteiger partial charge < -0.3 is 14.5 Å². The maximum Gasteiger partial charge on any atom is 0.274 e. The molecule has 1 unspecified atom stereocenters. The van der Waals surface area contributed by atoms with Crippen molar-refractivity contribution >= 4 is 17.2 Å². The summed E-state index contributed by atoms with van der Waals surface area (Å²) in [5.74, 6) is 0.129. The molecule has 4 aliphatic rings. The molecule has 1 atom stereocenters. The van der Waals surface area contributed by atoms with Crippen LogP contribution in [0.25, 0.3) is 11.3 Å². The molecule has 1 spiro atoms. The third-order valence-electron chi connectivity index (χ3n) is 7.93. The average Bonchev–Trinajstić information content (AvgIpc) is 3.52. The van der Waals surface area contributed by atoms with Crippen molar-refractivity contribution in [1.29, 1.82) is 0 Å². The van der Waals surface area contributed by atoms with Crippen LogP contribution in [-0.2, 0) is 17.6 Å². The van der Waals surface area contributed by atoms with E-state index in [-0.39, 0.29) is 11.5 Å². The number of likely N-dealkylation sites (N-methyl/N-ethyl adjacent to an activating group) is 1. The minimum Gasteiger partial charge on any atom is -0.375 e. The van der Waals surface area contributed by atoms with Crippen LogP contribution < -0.4 is 0 Å². The number of aryl methyl sites for hydroxylation is 1. The Balaban J connectivity index is 1.40. The van der Waals surface area contributed by atoms with Crippen LogP contribution in [0.2, 0.25) is 0 Å². The second-order valence-corrected chi connectivity index (χ2v) is 10.9. The number of aromatic nitrogens is 2. The van der Waals surface area contributed by atoms with Crippen LogP contribution in [-0.4, -0.2) is 70.9 Å². The van der Waals surface area contributed by atoms with Crippen molar-refractivity contribution in [3.63, 3.8) is 0 Å². The van der Waals surface area contributed by atoms with Crippen molar-refractivity contribution in [1.82, 2.24) is 19.6 Å². The number of amides is 1. The van der Waals surface area contributed by atoms with Crippen molar-refractivity contribution in [2.45, 2.75) is 63.0 Å². The molecule has 6 nitrogen and oxygen atoms in total. The summed E-state index contributed by atoms with van der Waals surface area (Å²) < 4.78 is 8.57. The first-order valence-corrected chi connectivity index (χ1v) is 12.8. The highest BCUT2D eigenvalue weighted by Crippen LogP contribution is 2.46. The molecule has 6 rings (SSSR count). The summed E-state index contributed by atoms with van der Waals surface area (Å²) >= 11 is 1.84. The monoisotopic (exact) mass is 440 g/mol. The summed E-state index contributed by atoms with van der Waals surface area (Å²) in [6, 6.07) is 2.56. The highest BCUT2D eigenvalue weighted by atomic mass is 32.1. The summed E-state index contributed by atoms with van der Waals surface area (Å²) in [6.07, 6.45) is 8.84. The topological polar surface area (TPSA) is 50.6 Å². The zero-order valence-corrected chi connectivity index (χ0v) is 19.3. The van der Waals surface area contributed by atoms with Gasteiger partial charge >= 0.3 is 0 Å². The van der Waals surface area contributed by atoms with Gasteiger partial charge in [-0.1, -0.05) is 12.8 Å². The van der Waals surface area contributed by atoms with Crippen LogP contribution in [0, 0.1) is 0 Å². The van der Waals surface area contributed by atoms with Crippen LogP contribution in [0.1, 0.15) is 65.5 Å². The smallest absolute Gasteiger partial charge is 0.274 e. The molecule has 2 aliphatic heterocycles. The summed E-state index contributed by atoms with van der Waals surface area (Å²) in [7, 11) is 2.13. The maximum atomic E-state index is 13.6. The Labute approximate surface area is 188 Å². The molecule has 2 saturated heterocycles. The maximum absolute atomic E-state index is 13.6. The minimum absolute atomic E-state index is 0.0372. The highest BCUT2D eigenvalue weighted by molar-refractivity contribution is 7.10. The van der Waals surface area contributed by atoms with E-state index in [1.807, 2.05) is 16.2 Å². The Hall–Kier alpha value is -1.70. The molecule has 2 aromatic rings. The Morgan fingerprint density at radius 2 is 2.00 bits per heavy atom. The highest BCUT2D eigenvalue weighted by Gasteiger charge is 2.42. The lowest BCUT2D eigenvalue weighted by molar-refractivity contribution is -0.0907. The van der Waals surface area contributed by atoms with Crippen LogP contribution in [0.5, 0.6) is 0 Å². The van der Waals surface area contributed by atoms with Gasteiger partial charge in [-0.3, -0.25) is 9.48 Å². The lowest BCUT2D eigenvalue weighted by atomic mass is 9.88. The summed E-state index contributed by atoms with van der Waals surface area (Å²) in [5, 5.41) is 7.30. The third kappa shape index (κ3) is 3.36. The summed E-state index contributed by atoms with van der Waals surface area (Å²) in [6.45, 7) is 4.26. The number of nitrogens with zero attached hydrogens (tertiary/aromatic N) is 4. The van der Waals surface area contributed by atoms with Gasteiger partial charge in [0.05, 0.1) is 17.3 Å². The van der Waals surface area contributed by atoms with Gasteiger partial charge in [0.15, 0.2) is 5.69 Å². The van der Waals surface area contributed by atoms with Crippen LogP contribution in [0.15, 0.2) is 11.4 Å². The van der Waals surface area contributed by atoms with Crippen LogP contribution in [0.3, 0.4) is 0 Å². The zero-order valence-electron chi connectivity index (χ0n) is 18.4.